The number of hydrogen-bond acceptors (Lipinski definition) is 5. The zero-order chi connectivity index (χ0) is 8.69. The molecule has 0 aliphatic heterocycles. The van der Waals surface area contributed by atoms with Crippen LogP contribution in [0.25, 0.3) is 0 Å². The molecule has 0 aliphatic rings. The molecule has 0 amide bonds. The number of aliphatic hydroxyl groups excluding tert-OH is 4. The van der Waals surface area contributed by atoms with Crippen molar-refractivity contribution in [1.82, 2.24) is 0 Å². The number of ether oxygens (including phenoxy) is 1. The van der Waals surface area contributed by atoms with E-state index in [0.717, 1.165) is 0 Å². The highest BCUT2D eigenvalue weighted by atomic mass is 16.5. The van der Waals surface area contributed by atoms with Gasteiger partial charge in [0.15, 0.2) is 0 Å². The first-order valence-corrected chi connectivity index (χ1v) is 3.38. The Hall–Kier alpha value is -0.200. The fourth-order valence-electron chi connectivity index (χ4n) is 0.501. The Labute approximate surface area is 64.9 Å². The van der Waals surface area contributed by atoms with Gasteiger partial charge in [0.05, 0.1) is 26.4 Å². The minimum Gasteiger partial charge on any atom is -0.394 e. The second-order valence-electron chi connectivity index (χ2n) is 2.12. The van der Waals surface area contributed by atoms with E-state index < -0.39 is 18.8 Å². The summed E-state index contributed by atoms with van der Waals surface area (Å²) in [5.74, 6) is 0. The van der Waals surface area contributed by atoms with Crippen molar-refractivity contribution in [2.75, 3.05) is 26.4 Å². The highest BCUT2D eigenvalue weighted by Crippen LogP contribution is 1.92. The van der Waals surface area contributed by atoms with Crippen LogP contribution in [0.3, 0.4) is 0 Å². The SMILES string of the molecule is OCCOCC(O)C(O)CO. The molecule has 5 nitrogen and oxygen atoms in total. The number of aliphatic hydroxyl groups is 4. The molecule has 5 heteroatoms. The van der Waals surface area contributed by atoms with Crippen LogP contribution >= 0.6 is 0 Å². The highest BCUT2D eigenvalue weighted by Gasteiger charge is 2.14. The average molecular weight is 166 g/mol. The molecular weight excluding hydrogens is 152 g/mol. The van der Waals surface area contributed by atoms with Crippen LogP contribution in [-0.2, 0) is 4.74 Å². The van der Waals surface area contributed by atoms with Crippen molar-refractivity contribution >= 4 is 0 Å². The van der Waals surface area contributed by atoms with Gasteiger partial charge in [0.25, 0.3) is 0 Å². The lowest BCUT2D eigenvalue weighted by atomic mass is 10.2. The quantitative estimate of drug-likeness (QED) is 0.333. The van der Waals surface area contributed by atoms with E-state index in [1.807, 2.05) is 0 Å². The lowest BCUT2D eigenvalue weighted by Gasteiger charge is -2.14. The summed E-state index contributed by atoms with van der Waals surface area (Å²) in [6.45, 7) is -0.580. The minimum absolute atomic E-state index is 0.0811. The molecular formula is C6H14O5. The maximum absolute atomic E-state index is 8.93. The monoisotopic (exact) mass is 166 g/mol. The Kier molecular flexibility index (Phi) is 6.39. The van der Waals surface area contributed by atoms with Crippen LogP contribution < -0.4 is 0 Å². The molecule has 0 spiro atoms. The molecule has 0 radical (unpaired) electrons. The van der Waals surface area contributed by atoms with Gasteiger partial charge in [-0.1, -0.05) is 0 Å². The van der Waals surface area contributed by atoms with Crippen LogP contribution in [0.15, 0.2) is 0 Å². The van der Waals surface area contributed by atoms with Gasteiger partial charge in [0, 0.05) is 0 Å². The molecule has 0 fully saturated rings. The van der Waals surface area contributed by atoms with Crippen LogP contribution in [0.5, 0.6) is 0 Å². The summed E-state index contributed by atoms with van der Waals surface area (Å²) in [5, 5.41) is 34.3. The van der Waals surface area contributed by atoms with Gasteiger partial charge in [-0.05, 0) is 0 Å². The van der Waals surface area contributed by atoms with E-state index in [0.29, 0.717) is 0 Å². The Morgan fingerprint density at radius 1 is 1.09 bits per heavy atom. The van der Waals surface area contributed by atoms with Gasteiger partial charge < -0.3 is 25.2 Å². The summed E-state index contributed by atoms with van der Waals surface area (Å²) in [4.78, 5) is 0. The molecule has 0 aromatic rings. The highest BCUT2D eigenvalue weighted by molar-refractivity contribution is 4.64. The standard InChI is InChI=1S/C6H14O5/c7-1-2-11-4-6(10)5(9)3-8/h5-10H,1-4H2. The van der Waals surface area contributed by atoms with Gasteiger partial charge in [-0.3, -0.25) is 0 Å². The Bertz CT molecular complexity index is 87.0. The first kappa shape index (κ1) is 10.8. The zero-order valence-corrected chi connectivity index (χ0v) is 6.18. The second kappa shape index (κ2) is 6.51. The first-order valence-electron chi connectivity index (χ1n) is 3.38. The molecule has 2 unspecified atom stereocenters. The van der Waals surface area contributed by atoms with Crippen molar-refractivity contribution in [2.24, 2.45) is 0 Å². The van der Waals surface area contributed by atoms with E-state index in [2.05, 4.69) is 0 Å². The third-order valence-corrected chi connectivity index (χ3v) is 1.16. The van der Waals surface area contributed by atoms with Gasteiger partial charge in [0.1, 0.15) is 12.2 Å². The molecule has 4 N–H and O–H groups in total. The molecule has 0 heterocycles. The molecule has 0 saturated heterocycles. The zero-order valence-electron chi connectivity index (χ0n) is 6.18. The molecule has 2 atom stereocenters. The lowest BCUT2D eigenvalue weighted by molar-refractivity contribution is -0.0604. The third kappa shape index (κ3) is 5.11. The van der Waals surface area contributed by atoms with E-state index in [9.17, 15) is 0 Å². The molecule has 0 aromatic heterocycles. The summed E-state index contributed by atoms with van der Waals surface area (Å²) in [7, 11) is 0. The summed E-state index contributed by atoms with van der Waals surface area (Å²) in [6, 6.07) is 0. The fourth-order valence-corrected chi connectivity index (χ4v) is 0.501. The maximum atomic E-state index is 8.93. The predicted octanol–water partition coefficient (Wildman–Crippen LogP) is -2.29. The van der Waals surface area contributed by atoms with Crippen LogP contribution in [0, 0.1) is 0 Å². The molecule has 0 aliphatic carbocycles. The third-order valence-electron chi connectivity index (χ3n) is 1.16. The normalized spacial score (nSPS) is 16.4. The van der Waals surface area contributed by atoms with E-state index in [1.54, 1.807) is 0 Å². The molecule has 0 saturated carbocycles. The van der Waals surface area contributed by atoms with Crippen molar-refractivity contribution in [1.29, 1.82) is 0 Å². The van der Waals surface area contributed by atoms with Gasteiger partial charge in [-0.15, -0.1) is 0 Å². The molecule has 11 heavy (non-hydrogen) atoms. The molecule has 0 rings (SSSR count). The van der Waals surface area contributed by atoms with E-state index in [1.165, 1.54) is 0 Å². The lowest BCUT2D eigenvalue weighted by Crippen LogP contribution is -2.33. The smallest absolute Gasteiger partial charge is 0.105 e. The van der Waals surface area contributed by atoms with Gasteiger partial charge >= 0.3 is 0 Å². The topological polar surface area (TPSA) is 90.2 Å². The summed E-state index contributed by atoms with van der Waals surface area (Å²) >= 11 is 0. The van der Waals surface area contributed by atoms with Crippen LogP contribution in [0.4, 0.5) is 0 Å². The van der Waals surface area contributed by atoms with Gasteiger partial charge in [-0.25, -0.2) is 0 Å². The summed E-state index contributed by atoms with van der Waals surface area (Å²) in [6.07, 6.45) is -2.26. The average Bonchev–Trinajstić information content (AvgIpc) is 2.03. The summed E-state index contributed by atoms with van der Waals surface area (Å²) in [5.41, 5.74) is 0. The maximum Gasteiger partial charge on any atom is 0.105 e. The fraction of sp³-hybridized carbons (Fsp3) is 1.00. The van der Waals surface area contributed by atoms with Crippen molar-refractivity contribution in [3.8, 4) is 0 Å². The Balaban J connectivity index is 3.28. The molecule has 68 valence electrons. The van der Waals surface area contributed by atoms with Gasteiger partial charge in [-0.2, -0.15) is 0 Å². The largest absolute Gasteiger partial charge is 0.394 e. The van der Waals surface area contributed by atoms with Crippen LogP contribution in [0.2, 0.25) is 0 Å². The van der Waals surface area contributed by atoms with E-state index in [-0.39, 0.29) is 19.8 Å². The van der Waals surface area contributed by atoms with Crippen molar-refractivity contribution in [2.45, 2.75) is 12.2 Å². The summed E-state index contributed by atoms with van der Waals surface area (Å²) < 4.78 is 4.70. The number of hydrogen-bond donors (Lipinski definition) is 4. The molecule has 0 bridgehead atoms. The Morgan fingerprint density at radius 2 is 1.73 bits per heavy atom. The van der Waals surface area contributed by atoms with Crippen molar-refractivity contribution in [3.63, 3.8) is 0 Å². The minimum atomic E-state index is -1.17. The Morgan fingerprint density at radius 3 is 2.18 bits per heavy atom. The van der Waals surface area contributed by atoms with E-state index in [4.69, 9.17) is 25.2 Å². The number of rotatable bonds is 6. The van der Waals surface area contributed by atoms with Gasteiger partial charge in [0.2, 0.25) is 0 Å². The second-order valence-corrected chi connectivity index (χ2v) is 2.12. The first-order chi connectivity index (χ1) is 5.22. The molecule has 0 aromatic carbocycles. The van der Waals surface area contributed by atoms with E-state index >= 15 is 0 Å². The van der Waals surface area contributed by atoms with Crippen LogP contribution in [0.1, 0.15) is 0 Å². The van der Waals surface area contributed by atoms with Crippen LogP contribution in [-0.4, -0.2) is 59.1 Å². The predicted molar refractivity (Wildman–Crippen MR) is 37.0 cm³/mol. The van der Waals surface area contributed by atoms with Crippen molar-refractivity contribution < 1.29 is 25.2 Å². The van der Waals surface area contributed by atoms with Crippen molar-refractivity contribution in [3.05, 3.63) is 0 Å².